The number of anilines is 1. The fourth-order valence-electron chi connectivity index (χ4n) is 2.10. The average molecular weight is 304 g/mol. The Morgan fingerprint density at radius 3 is 2.24 bits per heavy atom. The molecule has 21 heavy (non-hydrogen) atoms. The molecule has 0 heterocycles. The van der Waals surface area contributed by atoms with Crippen LogP contribution in [0.15, 0.2) is 36.4 Å². The van der Waals surface area contributed by atoms with Crippen LogP contribution in [0.5, 0.6) is 0 Å². The molecule has 0 saturated heterocycles. The number of hydrogen-bond donors (Lipinski definition) is 2. The van der Waals surface area contributed by atoms with E-state index >= 15 is 0 Å². The predicted octanol–water partition coefficient (Wildman–Crippen LogP) is 3.91. The van der Waals surface area contributed by atoms with Gasteiger partial charge >= 0.3 is 5.97 Å². The molecule has 0 fully saturated rings. The highest BCUT2D eigenvalue weighted by molar-refractivity contribution is 6.31. The molecule has 108 valence electrons. The SMILES string of the molecule is Cc1cc(C)cc(C(=O)Nc2ccc(Cl)cc2C(=O)O)c1. The lowest BCUT2D eigenvalue weighted by Gasteiger charge is -2.10. The quantitative estimate of drug-likeness (QED) is 0.903. The number of nitrogens with one attached hydrogen (secondary N) is 1. The van der Waals surface area contributed by atoms with Crippen molar-refractivity contribution in [2.45, 2.75) is 13.8 Å². The number of hydrogen-bond acceptors (Lipinski definition) is 2. The molecule has 2 aromatic rings. The molecule has 0 aliphatic carbocycles. The normalized spacial score (nSPS) is 10.2. The monoisotopic (exact) mass is 303 g/mol. The van der Waals surface area contributed by atoms with Gasteiger partial charge in [0.05, 0.1) is 11.3 Å². The summed E-state index contributed by atoms with van der Waals surface area (Å²) < 4.78 is 0. The largest absolute Gasteiger partial charge is 0.478 e. The van der Waals surface area contributed by atoms with E-state index in [1.165, 1.54) is 18.2 Å². The van der Waals surface area contributed by atoms with Crippen molar-refractivity contribution in [1.82, 2.24) is 0 Å². The van der Waals surface area contributed by atoms with Crippen LogP contribution in [0.3, 0.4) is 0 Å². The van der Waals surface area contributed by atoms with Crippen molar-refractivity contribution in [2.75, 3.05) is 5.32 Å². The van der Waals surface area contributed by atoms with Crippen LogP contribution in [0.4, 0.5) is 5.69 Å². The van der Waals surface area contributed by atoms with Crippen molar-refractivity contribution < 1.29 is 14.7 Å². The number of amides is 1. The van der Waals surface area contributed by atoms with Crippen LogP contribution in [0.1, 0.15) is 31.8 Å². The Balaban J connectivity index is 2.33. The van der Waals surface area contributed by atoms with E-state index in [0.29, 0.717) is 10.6 Å². The molecule has 0 saturated carbocycles. The molecular weight excluding hydrogens is 290 g/mol. The Morgan fingerprint density at radius 1 is 1.05 bits per heavy atom. The van der Waals surface area contributed by atoms with Gasteiger partial charge in [-0.3, -0.25) is 4.79 Å². The maximum atomic E-state index is 12.2. The second-order valence-corrected chi connectivity index (χ2v) is 5.26. The number of rotatable bonds is 3. The van der Waals surface area contributed by atoms with E-state index in [2.05, 4.69) is 5.32 Å². The molecule has 0 unspecified atom stereocenters. The lowest BCUT2D eigenvalue weighted by molar-refractivity contribution is 0.0698. The van der Waals surface area contributed by atoms with Gasteiger partial charge in [0.1, 0.15) is 0 Å². The number of benzene rings is 2. The smallest absolute Gasteiger partial charge is 0.337 e. The zero-order chi connectivity index (χ0) is 15.6. The van der Waals surface area contributed by atoms with E-state index in [-0.39, 0.29) is 17.2 Å². The first kappa shape index (κ1) is 15.1. The number of aryl methyl sites for hydroxylation is 2. The molecule has 0 aliphatic rings. The minimum Gasteiger partial charge on any atom is -0.478 e. The van der Waals surface area contributed by atoms with Crippen molar-refractivity contribution in [1.29, 1.82) is 0 Å². The van der Waals surface area contributed by atoms with E-state index in [9.17, 15) is 9.59 Å². The number of carbonyl (C=O) groups excluding carboxylic acids is 1. The van der Waals surface area contributed by atoms with Gasteiger partial charge in [0.15, 0.2) is 0 Å². The highest BCUT2D eigenvalue weighted by Gasteiger charge is 2.14. The summed E-state index contributed by atoms with van der Waals surface area (Å²) in [5.74, 6) is -1.50. The van der Waals surface area contributed by atoms with Gasteiger partial charge in [0.2, 0.25) is 0 Å². The highest BCUT2D eigenvalue weighted by atomic mass is 35.5. The van der Waals surface area contributed by atoms with Crippen molar-refractivity contribution in [2.24, 2.45) is 0 Å². The summed E-state index contributed by atoms with van der Waals surface area (Å²) in [6, 6.07) is 9.78. The third-order valence-electron chi connectivity index (χ3n) is 2.94. The minimum atomic E-state index is -1.15. The Morgan fingerprint density at radius 2 is 1.67 bits per heavy atom. The second kappa shape index (κ2) is 5.97. The van der Waals surface area contributed by atoms with Gasteiger partial charge in [0.25, 0.3) is 5.91 Å². The molecular formula is C16H14ClNO3. The maximum Gasteiger partial charge on any atom is 0.337 e. The summed E-state index contributed by atoms with van der Waals surface area (Å²) in [6.07, 6.45) is 0. The molecule has 1 amide bonds. The van der Waals surface area contributed by atoms with Gasteiger partial charge in [-0.25, -0.2) is 4.79 Å². The average Bonchev–Trinajstić information content (AvgIpc) is 2.39. The number of carboxylic acids is 1. The van der Waals surface area contributed by atoms with Crippen LogP contribution in [0.2, 0.25) is 5.02 Å². The molecule has 0 atom stereocenters. The first-order chi connectivity index (χ1) is 9.86. The Hall–Kier alpha value is -2.33. The predicted molar refractivity (Wildman–Crippen MR) is 82.3 cm³/mol. The lowest BCUT2D eigenvalue weighted by Crippen LogP contribution is -2.15. The molecule has 5 heteroatoms. The van der Waals surface area contributed by atoms with Gasteiger partial charge in [-0.1, -0.05) is 28.8 Å². The number of carbonyl (C=O) groups is 2. The van der Waals surface area contributed by atoms with Crippen molar-refractivity contribution >= 4 is 29.2 Å². The molecule has 2 N–H and O–H groups in total. The Bertz CT molecular complexity index is 705. The third-order valence-corrected chi connectivity index (χ3v) is 3.18. The third kappa shape index (κ3) is 3.61. The van der Waals surface area contributed by atoms with Crippen LogP contribution >= 0.6 is 11.6 Å². The number of aromatic carboxylic acids is 1. The molecule has 2 rings (SSSR count). The molecule has 0 spiro atoms. The van der Waals surface area contributed by atoms with E-state index in [1.54, 1.807) is 12.1 Å². The molecule has 2 aromatic carbocycles. The van der Waals surface area contributed by atoms with E-state index in [4.69, 9.17) is 16.7 Å². The highest BCUT2D eigenvalue weighted by Crippen LogP contribution is 2.21. The molecule has 0 aliphatic heterocycles. The van der Waals surface area contributed by atoms with Crippen LogP contribution < -0.4 is 5.32 Å². The maximum absolute atomic E-state index is 12.2. The summed E-state index contributed by atoms with van der Waals surface area (Å²) >= 11 is 5.78. The lowest BCUT2D eigenvalue weighted by atomic mass is 10.1. The molecule has 4 nitrogen and oxygen atoms in total. The summed E-state index contributed by atoms with van der Waals surface area (Å²) in [4.78, 5) is 23.4. The Kier molecular flexibility index (Phi) is 4.29. The van der Waals surface area contributed by atoms with Crippen molar-refractivity contribution in [3.8, 4) is 0 Å². The van der Waals surface area contributed by atoms with Crippen molar-refractivity contribution in [3.05, 3.63) is 63.7 Å². The van der Waals surface area contributed by atoms with Crippen molar-refractivity contribution in [3.63, 3.8) is 0 Å². The molecule has 0 aromatic heterocycles. The first-order valence-corrected chi connectivity index (χ1v) is 6.67. The van der Waals surface area contributed by atoms with Crippen LogP contribution in [0.25, 0.3) is 0 Å². The van der Waals surface area contributed by atoms with Crippen LogP contribution in [-0.2, 0) is 0 Å². The number of carboxylic acid groups (broad SMARTS) is 1. The minimum absolute atomic E-state index is 0.0415. The first-order valence-electron chi connectivity index (χ1n) is 6.29. The van der Waals surface area contributed by atoms with Gasteiger partial charge in [-0.05, 0) is 44.2 Å². The zero-order valence-electron chi connectivity index (χ0n) is 11.6. The fourth-order valence-corrected chi connectivity index (χ4v) is 2.27. The van der Waals surface area contributed by atoms with E-state index in [1.807, 2.05) is 19.9 Å². The fraction of sp³-hybridized carbons (Fsp3) is 0.125. The summed E-state index contributed by atoms with van der Waals surface area (Å²) in [5.41, 5.74) is 2.60. The second-order valence-electron chi connectivity index (χ2n) is 4.83. The van der Waals surface area contributed by atoms with E-state index in [0.717, 1.165) is 11.1 Å². The summed E-state index contributed by atoms with van der Waals surface area (Å²) in [7, 11) is 0. The Labute approximate surface area is 127 Å². The van der Waals surface area contributed by atoms with Crippen LogP contribution in [-0.4, -0.2) is 17.0 Å². The number of halogens is 1. The van der Waals surface area contributed by atoms with E-state index < -0.39 is 5.97 Å². The van der Waals surface area contributed by atoms with Crippen LogP contribution in [0, 0.1) is 13.8 Å². The molecule has 0 bridgehead atoms. The standard InChI is InChI=1S/C16H14ClNO3/c1-9-5-10(2)7-11(6-9)15(19)18-14-4-3-12(17)8-13(14)16(20)21/h3-8H,1-2H3,(H,18,19)(H,20,21). The van der Waals surface area contributed by atoms with Gasteiger partial charge in [0, 0.05) is 10.6 Å². The topological polar surface area (TPSA) is 66.4 Å². The molecule has 0 radical (unpaired) electrons. The van der Waals surface area contributed by atoms with Gasteiger partial charge in [-0.2, -0.15) is 0 Å². The van der Waals surface area contributed by atoms with Gasteiger partial charge in [-0.15, -0.1) is 0 Å². The summed E-state index contributed by atoms with van der Waals surface area (Å²) in [6.45, 7) is 3.80. The van der Waals surface area contributed by atoms with Gasteiger partial charge < -0.3 is 10.4 Å². The zero-order valence-corrected chi connectivity index (χ0v) is 12.4. The summed E-state index contributed by atoms with van der Waals surface area (Å²) in [5, 5.41) is 12.1.